The number of carbonyl (C=O) groups is 1. The molecule has 0 saturated heterocycles. The summed E-state index contributed by atoms with van der Waals surface area (Å²) in [5.74, 6) is -0.407. The first-order valence-corrected chi connectivity index (χ1v) is 7.52. The second-order valence-corrected chi connectivity index (χ2v) is 5.96. The van der Waals surface area contributed by atoms with Crippen molar-refractivity contribution in [1.29, 1.82) is 0 Å². The smallest absolute Gasteiger partial charge is 0.304 e. The van der Waals surface area contributed by atoms with E-state index in [1.54, 1.807) is 4.68 Å². The van der Waals surface area contributed by atoms with E-state index in [1.165, 1.54) is 0 Å². The minimum Gasteiger partial charge on any atom is -0.481 e. The van der Waals surface area contributed by atoms with Crippen LogP contribution in [-0.4, -0.2) is 30.8 Å². The Balaban J connectivity index is 2.73. The van der Waals surface area contributed by atoms with Gasteiger partial charge in [-0.15, -0.1) is 0 Å². The monoisotopic (exact) mass is 322 g/mol. The first-order chi connectivity index (χ1) is 7.95. The number of carboxylic acids is 1. The van der Waals surface area contributed by atoms with E-state index in [-0.39, 0.29) is 12.2 Å². The number of aromatic nitrogens is 2. The lowest BCUT2D eigenvalue weighted by molar-refractivity contribution is -0.136. The summed E-state index contributed by atoms with van der Waals surface area (Å²) in [6.07, 6.45) is -0.0660. The molecule has 0 fully saturated rings. The Bertz CT molecular complexity index is 445. The summed E-state index contributed by atoms with van der Waals surface area (Å²) in [6.45, 7) is 4.54. The summed E-state index contributed by atoms with van der Waals surface area (Å²) in [6, 6.07) is 0. The van der Waals surface area contributed by atoms with Crippen LogP contribution in [0.15, 0.2) is 4.47 Å². The Hall–Kier alpha value is -0.690. The highest BCUT2D eigenvalue weighted by molar-refractivity contribution is 9.10. The van der Waals surface area contributed by atoms with Gasteiger partial charge in [-0.25, -0.2) is 0 Å². The zero-order valence-electron chi connectivity index (χ0n) is 9.77. The zero-order chi connectivity index (χ0) is 13.0. The lowest BCUT2D eigenvalue weighted by atomic mass is 10.4. The molecule has 1 aromatic rings. The van der Waals surface area contributed by atoms with E-state index in [4.69, 9.17) is 5.11 Å². The Labute approximate surface area is 111 Å². The third-order valence-electron chi connectivity index (χ3n) is 2.29. The highest BCUT2D eigenvalue weighted by Crippen LogP contribution is 2.22. The molecule has 1 aromatic heterocycles. The molecule has 0 radical (unpaired) electrons. The fourth-order valence-electron chi connectivity index (χ4n) is 1.43. The SMILES string of the molecule is CCn1nc(C)c(Br)c1CS(=O)CCC(=O)O. The Morgan fingerprint density at radius 1 is 1.59 bits per heavy atom. The molecule has 0 saturated carbocycles. The van der Waals surface area contributed by atoms with Crippen LogP contribution in [0, 0.1) is 6.92 Å². The van der Waals surface area contributed by atoms with E-state index in [0.717, 1.165) is 15.9 Å². The molecule has 7 heteroatoms. The van der Waals surface area contributed by atoms with Gasteiger partial charge in [0.25, 0.3) is 0 Å². The van der Waals surface area contributed by atoms with Gasteiger partial charge in [-0.05, 0) is 29.8 Å². The van der Waals surface area contributed by atoms with Crippen LogP contribution in [0.5, 0.6) is 0 Å². The molecule has 1 heterocycles. The fourth-order valence-corrected chi connectivity index (χ4v) is 3.19. The van der Waals surface area contributed by atoms with Crippen molar-refractivity contribution in [1.82, 2.24) is 9.78 Å². The van der Waals surface area contributed by atoms with Crippen molar-refractivity contribution in [3.05, 3.63) is 15.9 Å². The van der Waals surface area contributed by atoms with Crippen molar-refractivity contribution in [2.75, 3.05) is 5.75 Å². The van der Waals surface area contributed by atoms with Gasteiger partial charge in [0.05, 0.1) is 28.0 Å². The molecule has 0 aliphatic heterocycles. The molecule has 1 N–H and O–H groups in total. The molecule has 0 bridgehead atoms. The van der Waals surface area contributed by atoms with Gasteiger partial charge in [-0.2, -0.15) is 5.10 Å². The van der Waals surface area contributed by atoms with Gasteiger partial charge in [0.1, 0.15) is 0 Å². The molecule has 0 amide bonds. The Morgan fingerprint density at radius 2 is 2.24 bits per heavy atom. The van der Waals surface area contributed by atoms with Gasteiger partial charge in [0.2, 0.25) is 0 Å². The Morgan fingerprint density at radius 3 is 2.76 bits per heavy atom. The number of nitrogens with zero attached hydrogens (tertiary/aromatic N) is 2. The van der Waals surface area contributed by atoms with Crippen molar-refractivity contribution >= 4 is 32.7 Å². The maximum atomic E-state index is 11.7. The van der Waals surface area contributed by atoms with Crippen LogP contribution < -0.4 is 0 Å². The van der Waals surface area contributed by atoms with Gasteiger partial charge < -0.3 is 5.11 Å². The summed E-state index contributed by atoms with van der Waals surface area (Å²) in [5.41, 5.74) is 1.73. The summed E-state index contributed by atoms with van der Waals surface area (Å²) in [7, 11) is -1.17. The molecule has 0 aromatic carbocycles. The molecule has 96 valence electrons. The number of hydrogen-bond acceptors (Lipinski definition) is 3. The fraction of sp³-hybridized carbons (Fsp3) is 0.600. The van der Waals surface area contributed by atoms with Crippen molar-refractivity contribution in [3.63, 3.8) is 0 Å². The summed E-state index contributed by atoms with van der Waals surface area (Å²) in [4.78, 5) is 10.4. The maximum Gasteiger partial charge on any atom is 0.304 e. The van der Waals surface area contributed by atoms with E-state index in [0.29, 0.717) is 12.3 Å². The minimum atomic E-state index is -1.17. The molecule has 1 atom stereocenters. The van der Waals surface area contributed by atoms with Crippen LogP contribution in [0.4, 0.5) is 0 Å². The molecule has 0 aliphatic rings. The van der Waals surface area contributed by atoms with Crippen molar-refractivity contribution in [3.8, 4) is 0 Å². The first-order valence-electron chi connectivity index (χ1n) is 5.24. The molecular formula is C10H15BrN2O3S. The number of halogens is 1. The summed E-state index contributed by atoms with van der Waals surface area (Å²) < 4.78 is 14.4. The first kappa shape index (κ1) is 14.4. The van der Waals surface area contributed by atoms with Crippen molar-refractivity contribution in [2.24, 2.45) is 0 Å². The normalized spacial score (nSPS) is 12.6. The number of carboxylic acid groups (broad SMARTS) is 1. The average molecular weight is 323 g/mol. The topological polar surface area (TPSA) is 72.2 Å². The number of aliphatic carboxylic acids is 1. The minimum absolute atomic E-state index is 0.0660. The quantitative estimate of drug-likeness (QED) is 0.865. The van der Waals surface area contributed by atoms with E-state index in [2.05, 4.69) is 21.0 Å². The predicted molar refractivity (Wildman–Crippen MR) is 69.3 cm³/mol. The second-order valence-electron chi connectivity index (χ2n) is 3.59. The highest BCUT2D eigenvalue weighted by Gasteiger charge is 2.15. The van der Waals surface area contributed by atoms with E-state index >= 15 is 0 Å². The van der Waals surface area contributed by atoms with Crippen LogP contribution >= 0.6 is 15.9 Å². The molecule has 0 spiro atoms. The third-order valence-corrected chi connectivity index (χ3v) is 4.58. The van der Waals surface area contributed by atoms with Gasteiger partial charge in [0.15, 0.2) is 0 Å². The lowest BCUT2D eigenvalue weighted by Crippen LogP contribution is -2.10. The molecular weight excluding hydrogens is 308 g/mol. The Kier molecular flexibility index (Phi) is 5.32. The summed E-state index contributed by atoms with van der Waals surface area (Å²) >= 11 is 3.42. The zero-order valence-corrected chi connectivity index (χ0v) is 12.2. The van der Waals surface area contributed by atoms with Crippen LogP contribution in [-0.2, 0) is 27.9 Å². The van der Waals surface area contributed by atoms with Crippen molar-refractivity contribution < 1.29 is 14.1 Å². The lowest BCUT2D eigenvalue weighted by Gasteiger charge is -2.05. The van der Waals surface area contributed by atoms with Gasteiger partial charge in [-0.1, -0.05) is 0 Å². The van der Waals surface area contributed by atoms with E-state index in [9.17, 15) is 9.00 Å². The molecule has 1 unspecified atom stereocenters. The number of rotatable bonds is 6. The van der Waals surface area contributed by atoms with E-state index < -0.39 is 16.8 Å². The second kappa shape index (κ2) is 6.30. The largest absolute Gasteiger partial charge is 0.481 e. The molecule has 5 nitrogen and oxygen atoms in total. The van der Waals surface area contributed by atoms with E-state index in [1.807, 2.05) is 13.8 Å². The predicted octanol–water partition coefficient (Wildman–Crippen LogP) is 1.70. The number of hydrogen-bond donors (Lipinski definition) is 1. The van der Waals surface area contributed by atoms with Gasteiger partial charge >= 0.3 is 5.97 Å². The average Bonchev–Trinajstić information content (AvgIpc) is 2.54. The standard InChI is InChI=1S/C10H15BrN2O3S/c1-3-13-8(10(11)7(2)12-13)6-17(16)5-4-9(14)15/h3-6H2,1-2H3,(H,14,15). The highest BCUT2D eigenvalue weighted by atomic mass is 79.9. The van der Waals surface area contributed by atoms with Crippen LogP contribution in [0.3, 0.4) is 0 Å². The number of aryl methyl sites for hydroxylation is 2. The molecule has 0 aliphatic carbocycles. The van der Waals surface area contributed by atoms with Gasteiger partial charge in [-0.3, -0.25) is 13.7 Å². The third kappa shape index (κ3) is 3.92. The van der Waals surface area contributed by atoms with Crippen LogP contribution in [0.25, 0.3) is 0 Å². The molecule has 17 heavy (non-hydrogen) atoms. The summed E-state index contributed by atoms with van der Waals surface area (Å²) in [5, 5.41) is 12.8. The molecule has 1 rings (SSSR count). The van der Waals surface area contributed by atoms with Crippen LogP contribution in [0.2, 0.25) is 0 Å². The van der Waals surface area contributed by atoms with Gasteiger partial charge in [0, 0.05) is 23.1 Å². The maximum absolute atomic E-state index is 11.7. The van der Waals surface area contributed by atoms with Crippen molar-refractivity contribution in [2.45, 2.75) is 32.6 Å². The van der Waals surface area contributed by atoms with Crippen LogP contribution in [0.1, 0.15) is 24.7 Å².